The maximum Gasteiger partial charge on any atom is 0.411 e. The molecule has 1 aromatic rings. The average molecular weight is 370 g/mol. The van der Waals surface area contributed by atoms with E-state index >= 15 is 0 Å². The molecular weight excluding hydrogens is 345 g/mol. The molecule has 26 heavy (non-hydrogen) atoms. The molecule has 1 saturated carbocycles. The summed E-state index contributed by atoms with van der Waals surface area (Å²) >= 11 is 0. The number of alkyl halides is 3. The van der Waals surface area contributed by atoms with Gasteiger partial charge in [-0.15, -0.1) is 0 Å². The summed E-state index contributed by atoms with van der Waals surface area (Å²) in [4.78, 5) is 12.4. The molecule has 0 radical (unpaired) electrons. The molecule has 4 nitrogen and oxygen atoms in total. The highest BCUT2D eigenvalue weighted by molar-refractivity contribution is 5.82. The van der Waals surface area contributed by atoms with Crippen LogP contribution in [-0.2, 0) is 22.7 Å². The molecule has 3 rings (SSSR count). The standard InChI is InChI=1S/C19H25F3N2O2/c20-19(21,22)12-26-11-14-7-5-13(6-8-14)10-23-18(25)17-9-15-3-1-2-4-16(15)24-17/h5-8,15-17,24H,1-4,9-12H2,(H,23,25). The van der Waals surface area contributed by atoms with Crippen molar-refractivity contribution < 1.29 is 22.7 Å². The van der Waals surface area contributed by atoms with Crippen molar-refractivity contribution in [2.45, 2.75) is 63.5 Å². The lowest BCUT2D eigenvalue weighted by atomic mass is 9.85. The molecule has 0 spiro atoms. The minimum absolute atomic E-state index is 0.0250. The van der Waals surface area contributed by atoms with Crippen LogP contribution in [-0.4, -0.2) is 30.8 Å². The fourth-order valence-electron chi connectivity index (χ4n) is 3.87. The van der Waals surface area contributed by atoms with Gasteiger partial charge < -0.3 is 15.4 Å². The SMILES string of the molecule is O=C(NCc1ccc(COCC(F)(F)F)cc1)C1CC2CCCCC2N1. The van der Waals surface area contributed by atoms with Gasteiger partial charge in [-0.1, -0.05) is 37.1 Å². The van der Waals surface area contributed by atoms with Crippen molar-refractivity contribution in [3.05, 3.63) is 35.4 Å². The zero-order chi connectivity index (χ0) is 18.6. The molecule has 1 heterocycles. The van der Waals surface area contributed by atoms with Crippen LogP contribution in [0.2, 0.25) is 0 Å². The van der Waals surface area contributed by atoms with E-state index in [0.29, 0.717) is 24.1 Å². The van der Waals surface area contributed by atoms with E-state index in [-0.39, 0.29) is 18.6 Å². The van der Waals surface area contributed by atoms with Crippen molar-refractivity contribution in [3.8, 4) is 0 Å². The first-order valence-corrected chi connectivity index (χ1v) is 9.17. The van der Waals surface area contributed by atoms with Crippen LogP contribution in [0.5, 0.6) is 0 Å². The normalized spacial score (nSPS) is 25.7. The summed E-state index contributed by atoms with van der Waals surface area (Å²) in [6, 6.07) is 7.41. The number of halogens is 3. The van der Waals surface area contributed by atoms with Gasteiger partial charge in [-0.05, 0) is 36.3 Å². The van der Waals surface area contributed by atoms with Gasteiger partial charge in [-0.2, -0.15) is 13.2 Å². The third kappa shape index (κ3) is 5.45. The van der Waals surface area contributed by atoms with E-state index in [1.807, 2.05) is 0 Å². The fraction of sp³-hybridized carbons (Fsp3) is 0.632. The Bertz CT molecular complexity index is 590. The predicted molar refractivity (Wildman–Crippen MR) is 91.3 cm³/mol. The summed E-state index contributed by atoms with van der Waals surface area (Å²) in [5, 5.41) is 6.40. The lowest BCUT2D eigenvalue weighted by Crippen LogP contribution is -2.42. The molecule has 3 atom stereocenters. The number of fused-ring (bicyclic) bond motifs is 1. The smallest absolute Gasteiger partial charge is 0.367 e. The second-order valence-corrected chi connectivity index (χ2v) is 7.25. The van der Waals surface area contributed by atoms with Crippen LogP contribution in [0.1, 0.15) is 43.2 Å². The Balaban J connectivity index is 1.41. The summed E-state index contributed by atoms with van der Waals surface area (Å²) in [5.74, 6) is 0.646. The summed E-state index contributed by atoms with van der Waals surface area (Å²) in [5.41, 5.74) is 1.58. The second-order valence-electron chi connectivity index (χ2n) is 7.25. The Hall–Kier alpha value is -1.60. The maximum absolute atomic E-state index is 12.4. The first-order chi connectivity index (χ1) is 12.4. The number of ether oxygens (including phenoxy) is 1. The van der Waals surface area contributed by atoms with Gasteiger partial charge >= 0.3 is 6.18 Å². The molecule has 1 aliphatic carbocycles. The van der Waals surface area contributed by atoms with Gasteiger partial charge in [0.15, 0.2) is 0 Å². The van der Waals surface area contributed by atoms with Gasteiger partial charge in [0.2, 0.25) is 5.91 Å². The number of amides is 1. The highest BCUT2D eigenvalue weighted by atomic mass is 19.4. The molecule has 1 amide bonds. The van der Waals surface area contributed by atoms with Crippen LogP contribution in [0.25, 0.3) is 0 Å². The Morgan fingerprint density at radius 3 is 2.54 bits per heavy atom. The molecule has 7 heteroatoms. The number of hydrogen-bond donors (Lipinski definition) is 2. The van der Waals surface area contributed by atoms with E-state index in [2.05, 4.69) is 15.4 Å². The summed E-state index contributed by atoms with van der Waals surface area (Å²) in [6.45, 7) is -0.919. The highest BCUT2D eigenvalue weighted by Crippen LogP contribution is 2.33. The molecule has 0 bridgehead atoms. The Morgan fingerprint density at radius 2 is 1.85 bits per heavy atom. The number of carbonyl (C=O) groups excluding carboxylic acids is 1. The van der Waals surface area contributed by atoms with Gasteiger partial charge in [0.05, 0.1) is 12.6 Å². The lowest BCUT2D eigenvalue weighted by molar-refractivity contribution is -0.176. The van der Waals surface area contributed by atoms with Crippen LogP contribution in [0.4, 0.5) is 13.2 Å². The molecular formula is C19H25F3N2O2. The largest absolute Gasteiger partial charge is 0.411 e. The zero-order valence-electron chi connectivity index (χ0n) is 14.6. The molecule has 2 aliphatic rings. The molecule has 144 valence electrons. The van der Waals surface area contributed by atoms with Crippen LogP contribution >= 0.6 is 0 Å². The van der Waals surface area contributed by atoms with Gasteiger partial charge in [-0.25, -0.2) is 0 Å². The maximum atomic E-state index is 12.4. The van der Waals surface area contributed by atoms with Crippen molar-refractivity contribution >= 4 is 5.91 Å². The quantitative estimate of drug-likeness (QED) is 0.808. The highest BCUT2D eigenvalue weighted by Gasteiger charge is 2.38. The predicted octanol–water partition coefficient (Wildman–Crippen LogP) is 3.30. The van der Waals surface area contributed by atoms with Crippen molar-refractivity contribution in [1.82, 2.24) is 10.6 Å². The second kappa shape index (κ2) is 8.39. The number of carbonyl (C=O) groups is 1. The van der Waals surface area contributed by atoms with Gasteiger partial charge in [-0.3, -0.25) is 4.79 Å². The summed E-state index contributed by atoms with van der Waals surface area (Å²) in [6.07, 6.45) is 1.46. The van der Waals surface area contributed by atoms with Gasteiger partial charge in [0, 0.05) is 12.6 Å². The third-order valence-electron chi connectivity index (χ3n) is 5.20. The van der Waals surface area contributed by atoms with Crippen molar-refractivity contribution in [2.75, 3.05) is 6.61 Å². The lowest BCUT2D eigenvalue weighted by Gasteiger charge is -2.24. The minimum Gasteiger partial charge on any atom is -0.367 e. The Labute approximate surface area is 151 Å². The first-order valence-electron chi connectivity index (χ1n) is 9.17. The number of nitrogens with one attached hydrogen (secondary N) is 2. The van der Waals surface area contributed by atoms with Crippen LogP contribution < -0.4 is 10.6 Å². The zero-order valence-corrected chi connectivity index (χ0v) is 14.6. The van der Waals surface area contributed by atoms with Crippen LogP contribution in [0.3, 0.4) is 0 Å². The topological polar surface area (TPSA) is 50.4 Å². The summed E-state index contributed by atoms with van der Waals surface area (Å²) < 4.78 is 40.8. The fourth-order valence-corrected chi connectivity index (χ4v) is 3.87. The van der Waals surface area contributed by atoms with Gasteiger partial charge in [0.25, 0.3) is 0 Å². The number of rotatable bonds is 6. The molecule has 0 aromatic heterocycles. The molecule has 1 saturated heterocycles. The van der Waals surface area contributed by atoms with E-state index in [1.165, 1.54) is 19.3 Å². The Morgan fingerprint density at radius 1 is 1.15 bits per heavy atom. The van der Waals surface area contributed by atoms with E-state index in [1.54, 1.807) is 24.3 Å². The number of benzene rings is 1. The van der Waals surface area contributed by atoms with E-state index in [4.69, 9.17) is 0 Å². The Kier molecular flexibility index (Phi) is 6.19. The van der Waals surface area contributed by atoms with Crippen LogP contribution in [0, 0.1) is 5.92 Å². The minimum atomic E-state index is -4.31. The summed E-state index contributed by atoms with van der Waals surface area (Å²) in [7, 11) is 0. The van der Waals surface area contributed by atoms with Crippen molar-refractivity contribution in [3.63, 3.8) is 0 Å². The molecule has 2 N–H and O–H groups in total. The van der Waals surface area contributed by atoms with Crippen molar-refractivity contribution in [2.24, 2.45) is 5.92 Å². The third-order valence-corrected chi connectivity index (χ3v) is 5.20. The van der Waals surface area contributed by atoms with E-state index in [9.17, 15) is 18.0 Å². The molecule has 1 aromatic carbocycles. The van der Waals surface area contributed by atoms with E-state index in [0.717, 1.165) is 18.4 Å². The first kappa shape index (κ1) is 19.2. The number of hydrogen-bond acceptors (Lipinski definition) is 3. The monoisotopic (exact) mass is 370 g/mol. The molecule has 3 unspecified atom stereocenters. The average Bonchev–Trinajstić information content (AvgIpc) is 3.04. The van der Waals surface area contributed by atoms with Crippen molar-refractivity contribution in [1.29, 1.82) is 0 Å². The van der Waals surface area contributed by atoms with Crippen LogP contribution in [0.15, 0.2) is 24.3 Å². The van der Waals surface area contributed by atoms with Gasteiger partial charge in [0.1, 0.15) is 6.61 Å². The van der Waals surface area contributed by atoms with E-state index < -0.39 is 12.8 Å². The molecule has 2 fully saturated rings. The molecule has 1 aliphatic heterocycles.